The summed E-state index contributed by atoms with van der Waals surface area (Å²) < 4.78 is 14.2. The van der Waals surface area contributed by atoms with Gasteiger partial charge in [-0.2, -0.15) is 52.6 Å². The van der Waals surface area contributed by atoms with Crippen LogP contribution < -0.4 is 24.8 Å². The van der Waals surface area contributed by atoms with E-state index in [2.05, 4.69) is 75.4 Å². The number of hydrogen-bond donors (Lipinski definition) is 0. The van der Waals surface area contributed by atoms with Gasteiger partial charge in [-0.25, -0.2) is 6.07 Å². The van der Waals surface area contributed by atoms with Gasteiger partial charge >= 0.3 is 68.0 Å². The minimum Gasteiger partial charge on any atom is -1.00 e. The summed E-state index contributed by atoms with van der Waals surface area (Å²) in [6.07, 6.45) is 1.05. The van der Waals surface area contributed by atoms with E-state index in [1.807, 2.05) is 9.78 Å². The van der Waals surface area contributed by atoms with Crippen molar-refractivity contribution in [2.24, 2.45) is 0 Å². The molecule has 4 heteroatoms. The van der Waals surface area contributed by atoms with Crippen LogP contribution in [-0.2, 0) is 30.7 Å². The van der Waals surface area contributed by atoms with Gasteiger partial charge in [-0.3, -0.25) is 0 Å². The van der Waals surface area contributed by atoms with Crippen molar-refractivity contribution in [1.29, 1.82) is 0 Å². The smallest absolute Gasteiger partial charge is 0.0253 e. The van der Waals surface area contributed by atoms with Crippen LogP contribution in [0, 0.1) is 32.7 Å². The van der Waals surface area contributed by atoms with Gasteiger partial charge in [0.15, 0.2) is 0 Å². The molecule has 0 nitrogen and oxygen atoms in total. The molecule has 4 aromatic rings. The van der Waals surface area contributed by atoms with Crippen molar-refractivity contribution in [3.8, 4) is 11.1 Å². The van der Waals surface area contributed by atoms with E-state index in [4.69, 9.17) is 0 Å². The maximum absolute atomic E-state index is 12.2. The summed E-state index contributed by atoms with van der Waals surface area (Å²) in [6, 6.07) is 29.0. The average molecular weight is 543 g/mol. The van der Waals surface area contributed by atoms with Crippen LogP contribution in [0.3, 0.4) is 0 Å². The molecular formula is C28H25Cl2FZr-2. The Morgan fingerprint density at radius 3 is 2.12 bits per heavy atom. The second kappa shape index (κ2) is 13.7. The first-order chi connectivity index (χ1) is 14.5. The van der Waals surface area contributed by atoms with Gasteiger partial charge in [0, 0.05) is 0 Å². The molecule has 0 unspecified atom stereocenters. The van der Waals surface area contributed by atoms with Crippen LogP contribution in [0.1, 0.15) is 33.4 Å². The van der Waals surface area contributed by atoms with Gasteiger partial charge < -0.3 is 24.8 Å². The Balaban J connectivity index is 0.000000242. The normalized spacial score (nSPS) is 10.1. The largest absolute Gasteiger partial charge is 1.00 e. The predicted octanol–water partition coefficient (Wildman–Crippen LogP) is 0.920. The molecule has 0 aromatic heterocycles. The zero-order valence-corrected chi connectivity index (χ0v) is 22.4. The number of aryl methyl sites for hydroxylation is 3. The third kappa shape index (κ3) is 7.70. The van der Waals surface area contributed by atoms with Gasteiger partial charge in [0.05, 0.1) is 0 Å². The first-order valence-corrected chi connectivity index (χ1v) is 11.4. The Labute approximate surface area is 218 Å². The first-order valence-electron chi connectivity index (χ1n) is 10.0. The summed E-state index contributed by atoms with van der Waals surface area (Å²) in [7, 11) is 0. The number of hydrogen-bond acceptors (Lipinski definition) is 0. The quantitative estimate of drug-likeness (QED) is 0.277. The number of rotatable bonds is 1. The SMILES string of the molecule is Cc1cc(C)c(C)[cH-]1.Fc1ccc([CH]=[Zr+2])cc1.[Cl-].[Cl-].[c-]1cccc2c1Cc1ccccc1-2. The maximum atomic E-state index is 12.2. The molecule has 32 heavy (non-hydrogen) atoms. The Kier molecular flexibility index (Phi) is 12.2. The molecular weight excluding hydrogens is 517 g/mol. The van der Waals surface area contributed by atoms with E-state index in [0.29, 0.717) is 0 Å². The van der Waals surface area contributed by atoms with Crippen LogP contribution in [0.2, 0.25) is 0 Å². The minimum absolute atomic E-state index is 0. The topological polar surface area (TPSA) is 0 Å². The third-order valence-corrected chi connectivity index (χ3v) is 5.98. The van der Waals surface area contributed by atoms with E-state index < -0.39 is 0 Å². The predicted molar refractivity (Wildman–Crippen MR) is 121 cm³/mol. The van der Waals surface area contributed by atoms with Gasteiger partial charge in [-0.15, -0.1) is 5.56 Å². The van der Waals surface area contributed by atoms with Gasteiger partial charge in [-0.1, -0.05) is 56.2 Å². The third-order valence-electron chi connectivity index (χ3n) is 5.16. The number of halogens is 3. The maximum Gasteiger partial charge on any atom is -0.0253 e. The molecule has 0 atom stereocenters. The molecule has 5 rings (SSSR count). The van der Waals surface area contributed by atoms with E-state index >= 15 is 0 Å². The van der Waals surface area contributed by atoms with E-state index in [1.165, 1.54) is 75.3 Å². The van der Waals surface area contributed by atoms with Crippen molar-refractivity contribution in [1.82, 2.24) is 0 Å². The van der Waals surface area contributed by atoms with Gasteiger partial charge in [0.25, 0.3) is 0 Å². The Morgan fingerprint density at radius 2 is 1.56 bits per heavy atom. The summed E-state index contributed by atoms with van der Waals surface area (Å²) in [4.78, 5) is 0. The van der Waals surface area contributed by atoms with Crippen molar-refractivity contribution in [3.63, 3.8) is 0 Å². The van der Waals surface area contributed by atoms with Gasteiger partial charge in [0.2, 0.25) is 0 Å². The molecule has 164 valence electrons. The van der Waals surface area contributed by atoms with Crippen LogP contribution >= 0.6 is 0 Å². The zero-order valence-electron chi connectivity index (χ0n) is 18.4. The molecule has 0 fully saturated rings. The van der Waals surface area contributed by atoms with Gasteiger partial charge in [0.1, 0.15) is 0 Å². The fraction of sp³-hybridized carbons (Fsp3) is 0.143. The van der Waals surface area contributed by atoms with Crippen LogP contribution in [0.5, 0.6) is 0 Å². The molecule has 0 bridgehead atoms. The standard InChI is InChI=1S/C13H9.C8H11.C7H5F.2ClH.Zr/c1-3-7-12-10(5-1)9-11-6-2-4-8-13(11)12;1-6-4-7(2)8(3)5-6;1-6-2-4-7(8)5-3-6;;;/h1-5,7-8H,9H2;4-5H,1-3H3;1-5H;2*1H;/q2*-1;;;;+2/p-2. The van der Waals surface area contributed by atoms with Crippen molar-refractivity contribution in [2.75, 3.05) is 0 Å². The fourth-order valence-electron chi connectivity index (χ4n) is 3.51. The second-order valence-corrected chi connectivity index (χ2v) is 8.20. The molecule has 1 aliphatic rings. The fourth-order valence-corrected chi connectivity index (χ4v) is 3.98. The summed E-state index contributed by atoms with van der Waals surface area (Å²) in [5.74, 6) is -0.170. The molecule has 0 saturated heterocycles. The molecule has 0 spiro atoms. The second-order valence-electron chi connectivity index (χ2n) is 7.49. The Hall–Kier alpha value is -1.73. The monoisotopic (exact) mass is 540 g/mol. The van der Waals surface area contributed by atoms with E-state index in [9.17, 15) is 4.39 Å². The molecule has 0 aliphatic heterocycles. The molecule has 1 aliphatic carbocycles. The van der Waals surface area contributed by atoms with Gasteiger partial charge in [-0.05, 0) is 6.42 Å². The molecule has 0 amide bonds. The Morgan fingerprint density at radius 1 is 0.906 bits per heavy atom. The number of fused-ring (bicyclic) bond motifs is 3. The zero-order chi connectivity index (χ0) is 21.5. The molecule has 0 N–H and O–H groups in total. The van der Waals surface area contributed by atoms with Crippen molar-refractivity contribution >= 4 is 3.71 Å². The first kappa shape index (κ1) is 28.3. The molecule has 4 aromatic carbocycles. The van der Waals surface area contributed by atoms with Crippen LogP contribution in [-0.4, -0.2) is 3.71 Å². The summed E-state index contributed by atoms with van der Waals surface area (Å²) in [5, 5.41) is 0. The van der Waals surface area contributed by atoms with E-state index in [0.717, 1.165) is 12.0 Å². The average Bonchev–Trinajstić information content (AvgIpc) is 3.28. The van der Waals surface area contributed by atoms with Crippen molar-refractivity contribution < 1.29 is 53.4 Å². The van der Waals surface area contributed by atoms with E-state index in [-0.39, 0.29) is 30.6 Å². The summed E-state index contributed by atoms with van der Waals surface area (Å²) >= 11 is 1.34. The summed E-state index contributed by atoms with van der Waals surface area (Å²) in [5.41, 5.74) is 10.8. The molecule has 0 radical (unpaired) electrons. The Bertz CT molecular complexity index is 1070. The van der Waals surface area contributed by atoms with E-state index in [1.54, 1.807) is 12.1 Å². The van der Waals surface area contributed by atoms with Crippen molar-refractivity contribution in [3.05, 3.63) is 124 Å². The van der Waals surface area contributed by atoms with Crippen LogP contribution in [0.15, 0.2) is 78.9 Å². The minimum atomic E-state index is -0.170. The van der Waals surface area contributed by atoms with Crippen LogP contribution in [0.4, 0.5) is 4.39 Å². The number of benzene rings is 3. The molecule has 0 saturated carbocycles. The van der Waals surface area contributed by atoms with Crippen molar-refractivity contribution in [2.45, 2.75) is 27.2 Å². The molecule has 0 heterocycles. The van der Waals surface area contributed by atoms with Crippen LogP contribution in [0.25, 0.3) is 11.1 Å². The summed E-state index contributed by atoms with van der Waals surface area (Å²) in [6.45, 7) is 6.41.